The molecule has 1 aliphatic rings. The smallest absolute Gasteiger partial charge is 0.351 e. The lowest BCUT2D eigenvalue weighted by atomic mass is 9.96. The van der Waals surface area contributed by atoms with Crippen molar-refractivity contribution in [2.45, 2.75) is 31.9 Å². The number of para-hydroxylation sites is 1. The van der Waals surface area contributed by atoms with Crippen LogP contribution in [0.4, 0.5) is 5.13 Å². The highest BCUT2D eigenvalue weighted by molar-refractivity contribution is 7.18. The van der Waals surface area contributed by atoms with Crippen LogP contribution in [0.2, 0.25) is 5.15 Å². The van der Waals surface area contributed by atoms with Gasteiger partial charge in [-0.05, 0) is 25.3 Å². The zero-order valence-corrected chi connectivity index (χ0v) is 14.2. The molecule has 1 aromatic heterocycles. The molecule has 1 fully saturated rings. The van der Waals surface area contributed by atoms with E-state index in [9.17, 15) is 4.79 Å². The van der Waals surface area contributed by atoms with Crippen molar-refractivity contribution in [3.63, 3.8) is 0 Å². The molecule has 0 spiro atoms. The van der Waals surface area contributed by atoms with Crippen LogP contribution in [0.1, 0.15) is 34.5 Å². The van der Waals surface area contributed by atoms with Gasteiger partial charge in [0.05, 0.1) is 13.2 Å². The number of ether oxygens (including phenoxy) is 2. The lowest BCUT2D eigenvalue weighted by Crippen LogP contribution is -2.25. The quantitative estimate of drug-likeness (QED) is 0.792. The van der Waals surface area contributed by atoms with Crippen LogP contribution in [-0.2, 0) is 11.3 Å². The average Bonchev–Trinajstić information content (AvgIpc) is 2.90. The van der Waals surface area contributed by atoms with E-state index in [2.05, 4.69) is 15.0 Å². The van der Waals surface area contributed by atoms with Gasteiger partial charge in [0.25, 0.3) is 0 Å². The number of esters is 1. The summed E-state index contributed by atoms with van der Waals surface area (Å²) >= 11 is 7.14. The molecule has 0 bridgehead atoms. The standard InChI is InChI=1S/C16H17ClN2O3S/c1-21-15(20)13-14(17)19-16(23-13)18-9-10-5-2-3-8-12(10)22-11-6-4-7-11/h2-3,5,8,11H,4,6-7,9H2,1H3,(H,18,19). The summed E-state index contributed by atoms with van der Waals surface area (Å²) in [4.78, 5) is 16.0. The monoisotopic (exact) mass is 352 g/mol. The zero-order chi connectivity index (χ0) is 16.2. The highest BCUT2D eigenvalue weighted by Gasteiger charge is 2.20. The van der Waals surface area contributed by atoms with E-state index in [1.807, 2.05) is 24.3 Å². The van der Waals surface area contributed by atoms with Gasteiger partial charge in [-0.25, -0.2) is 9.78 Å². The number of nitrogens with one attached hydrogen (secondary N) is 1. The molecule has 1 N–H and O–H groups in total. The SMILES string of the molecule is COC(=O)c1sc(NCc2ccccc2OC2CCC2)nc1Cl. The van der Waals surface area contributed by atoms with E-state index >= 15 is 0 Å². The van der Waals surface area contributed by atoms with Crippen molar-refractivity contribution in [2.75, 3.05) is 12.4 Å². The topological polar surface area (TPSA) is 60.5 Å². The van der Waals surface area contributed by atoms with Crippen molar-refractivity contribution in [1.82, 2.24) is 4.98 Å². The molecule has 0 amide bonds. The van der Waals surface area contributed by atoms with Crippen molar-refractivity contribution < 1.29 is 14.3 Å². The summed E-state index contributed by atoms with van der Waals surface area (Å²) in [6.45, 7) is 0.549. The number of rotatable bonds is 6. The van der Waals surface area contributed by atoms with E-state index in [1.165, 1.54) is 24.9 Å². The predicted molar refractivity (Wildman–Crippen MR) is 90.5 cm³/mol. The first-order valence-corrected chi connectivity index (χ1v) is 8.60. The fourth-order valence-corrected chi connectivity index (χ4v) is 3.30. The van der Waals surface area contributed by atoms with Gasteiger partial charge >= 0.3 is 5.97 Å². The normalized spacial score (nSPS) is 14.2. The van der Waals surface area contributed by atoms with Crippen LogP contribution in [0, 0.1) is 0 Å². The molecule has 3 rings (SSSR count). The fraction of sp³-hybridized carbons (Fsp3) is 0.375. The van der Waals surface area contributed by atoms with Crippen molar-refractivity contribution in [1.29, 1.82) is 0 Å². The van der Waals surface area contributed by atoms with Gasteiger partial charge in [0.2, 0.25) is 0 Å². The second-order valence-corrected chi connectivity index (χ2v) is 6.62. The molecule has 0 saturated heterocycles. The van der Waals surface area contributed by atoms with Crippen LogP contribution < -0.4 is 10.1 Å². The molecule has 0 aliphatic heterocycles. The Labute approximate surface area is 143 Å². The third kappa shape index (κ3) is 3.76. The van der Waals surface area contributed by atoms with Gasteiger partial charge in [-0.2, -0.15) is 0 Å². The van der Waals surface area contributed by atoms with Crippen molar-refractivity contribution in [3.05, 3.63) is 39.9 Å². The summed E-state index contributed by atoms with van der Waals surface area (Å²) in [5.41, 5.74) is 1.05. The Morgan fingerprint density at radius 1 is 1.43 bits per heavy atom. The number of nitrogens with zero attached hydrogens (tertiary/aromatic N) is 1. The third-order valence-electron chi connectivity index (χ3n) is 3.71. The van der Waals surface area contributed by atoms with E-state index in [0.717, 1.165) is 24.2 Å². The Balaban J connectivity index is 1.67. The molecule has 1 aliphatic carbocycles. The molecule has 122 valence electrons. The number of hydrogen-bond donors (Lipinski definition) is 1. The lowest BCUT2D eigenvalue weighted by molar-refractivity contribution is 0.0606. The van der Waals surface area contributed by atoms with Gasteiger partial charge < -0.3 is 14.8 Å². The van der Waals surface area contributed by atoms with E-state index in [0.29, 0.717) is 22.7 Å². The highest BCUT2D eigenvalue weighted by Crippen LogP contribution is 2.30. The first-order valence-electron chi connectivity index (χ1n) is 7.40. The summed E-state index contributed by atoms with van der Waals surface area (Å²) in [6.07, 6.45) is 3.80. The second-order valence-electron chi connectivity index (χ2n) is 5.26. The van der Waals surface area contributed by atoms with Crippen LogP contribution in [0.5, 0.6) is 5.75 Å². The first-order chi connectivity index (χ1) is 11.2. The maximum Gasteiger partial charge on any atom is 0.351 e. The predicted octanol–water partition coefficient (Wildman–Crippen LogP) is 4.13. The van der Waals surface area contributed by atoms with Gasteiger partial charge in [-0.3, -0.25) is 0 Å². The van der Waals surface area contributed by atoms with Crippen LogP contribution in [0.15, 0.2) is 24.3 Å². The molecule has 1 heterocycles. The molecule has 0 atom stereocenters. The van der Waals surface area contributed by atoms with Gasteiger partial charge in [0, 0.05) is 12.1 Å². The molecule has 1 saturated carbocycles. The molecule has 5 nitrogen and oxygen atoms in total. The molecule has 23 heavy (non-hydrogen) atoms. The van der Waals surface area contributed by atoms with E-state index in [-0.39, 0.29) is 5.15 Å². The number of hydrogen-bond acceptors (Lipinski definition) is 6. The number of halogens is 1. The minimum absolute atomic E-state index is 0.156. The summed E-state index contributed by atoms with van der Waals surface area (Å²) in [5, 5.41) is 3.92. The van der Waals surface area contributed by atoms with Crippen LogP contribution in [0.25, 0.3) is 0 Å². The Morgan fingerprint density at radius 3 is 2.91 bits per heavy atom. The maximum atomic E-state index is 11.6. The van der Waals surface area contributed by atoms with Gasteiger partial charge in [-0.1, -0.05) is 41.1 Å². The lowest BCUT2D eigenvalue weighted by Gasteiger charge is -2.27. The Kier molecular flexibility index (Phi) is 5.03. The maximum absolute atomic E-state index is 11.6. The first kappa shape index (κ1) is 16.1. The van der Waals surface area contributed by atoms with Gasteiger partial charge in [0.15, 0.2) is 15.2 Å². The molecule has 2 aromatic rings. The number of benzene rings is 1. The van der Waals surface area contributed by atoms with Crippen LogP contribution in [0.3, 0.4) is 0 Å². The minimum atomic E-state index is -0.478. The summed E-state index contributed by atoms with van der Waals surface area (Å²) in [6, 6.07) is 7.92. The van der Waals surface area contributed by atoms with Gasteiger partial charge in [-0.15, -0.1) is 0 Å². The summed E-state index contributed by atoms with van der Waals surface area (Å²) in [7, 11) is 1.32. The average molecular weight is 353 g/mol. The number of carbonyl (C=O) groups excluding carboxylic acids is 1. The fourth-order valence-electron chi connectivity index (χ4n) is 2.20. The Morgan fingerprint density at radius 2 is 2.22 bits per heavy atom. The highest BCUT2D eigenvalue weighted by atomic mass is 35.5. The van der Waals surface area contributed by atoms with Crippen molar-refractivity contribution in [2.24, 2.45) is 0 Å². The van der Waals surface area contributed by atoms with E-state index in [1.54, 1.807) is 0 Å². The van der Waals surface area contributed by atoms with Crippen LogP contribution in [-0.4, -0.2) is 24.2 Å². The minimum Gasteiger partial charge on any atom is -0.490 e. The number of methoxy groups -OCH3 is 1. The summed E-state index contributed by atoms with van der Waals surface area (Å²) in [5.74, 6) is 0.412. The number of carbonyl (C=O) groups is 1. The summed E-state index contributed by atoms with van der Waals surface area (Å²) < 4.78 is 10.7. The molecule has 7 heteroatoms. The van der Waals surface area contributed by atoms with E-state index < -0.39 is 5.97 Å². The number of thiazole rings is 1. The Bertz CT molecular complexity index is 700. The zero-order valence-electron chi connectivity index (χ0n) is 12.7. The van der Waals surface area contributed by atoms with Crippen molar-refractivity contribution in [3.8, 4) is 5.75 Å². The second kappa shape index (κ2) is 7.19. The van der Waals surface area contributed by atoms with Crippen molar-refractivity contribution >= 4 is 34.0 Å². The molecular weight excluding hydrogens is 336 g/mol. The number of aromatic nitrogens is 1. The Hall–Kier alpha value is -1.79. The molecular formula is C16H17ClN2O3S. The van der Waals surface area contributed by atoms with E-state index in [4.69, 9.17) is 16.3 Å². The largest absolute Gasteiger partial charge is 0.490 e. The third-order valence-corrected chi connectivity index (χ3v) is 5.08. The van der Waals surface area contributed by atoms with Crippen LogP contribution >= 0.6 is 22.9 Å². The number of anilines is 1. The van der Waals surface area contributed by atoms with Gasteiger partial charge in [0.1, 0.15) is 5.75 Å². The molecule has 0 radical (unpaired) electrons. The molecule has 0 unspecified atom stereocenters. The molecule has 1 aromatic carbocycles.